The molecule has 0 aliphatic carbocycles. The highest BCUT2D eigenvalue weighted by Gasteiger charge is 2.14. The summed E-state index contributed by atoms with van der Waals surface area (Å²) < 4.78 is 13.4. The fourth-order valence-electron chi connectivity index (χ4n) is 1.36. The van der Waals surface area contributed by atoms with Gasteiger partial charge in [-0.2, -0.15) is 0 Å². The number of carboxylic acid groups (broad SMARTS) is 1. The molecule has 88 valence electrons. The topological polar surface area (TPSA) is 63.3 Å². The Morgan fingerprint density at radius 3 is 2.65 bits per heavy atom. The van der Waals surface area contributed by atoms with Crippen molar-refractivity contribution in [2.75, 3.05) is 5.73 Å². The van der Waals surface area contributed by atoms with Crippen LogP contribution in [-0.4, -0.2) is 11.1 Å². The zero-order chi connectivity index (χ0) is 12.6. The number of halogens is 2. The highest BCUT2D eigenvalue weighted by molar-refractivity contribution is 9.10. The lowest BCUT2D eigenvalue weighted by Gasteiger charge is -1.99. The second-order valence-electron chi connectivity index (χ2n) is 3.33. The predicted octanol–water partition coefficient (Wildman–Crippen LogP) is 3.60. The van der Waals surface area contributed by atoms with Crippen molar-refractivity contribution < 1.29 is 14.3 Å². The Bertz CT molecular complexity index is 597. The maximum atomic E-state index is 13.1. The molecule has 3 nitrogen and oxygen atoms in total. The van der Waals surface area contributed by atoms with Gasteiger partial charge < -0.3 is 10.8 Å². The first-order chi connectivity index (χ1) is 7.99. The van der Waals surface area contributed by atoms with Gasteiger partial charge in [-0.25, -0.2) is 9.18 Å². The highest BCUT2D eigenvalue weighted by Crippen LogP contribution is 2.34. The van der Waals surface area contributed by atoms with Crippen LogP contribution in [0.3, 0.4) is 0 Å². The van der Waals surface area contributed by atoms with Gasteiger partial charge in [0.25, 0.3) is 0 Å². The van der Waals surface area contributed by atoms with Gasteiger partial charge in [0.1, 0.15) is 10.7 Å². The van der Waals surface area contributed by atoms with Crippen LogP contribution in [0.2, 0.25) is 0 Å². The van der Waals surface area contributed by atoms with Gasteiger partial charge >= 0.3 is 5.97 Å². The molecule has 0 saturated heterocycles. The normalized spacial score (nSPS) is 10.5. The Morgan fingerprint density at radius 1 is 1.41 bits per heavy atom. The lowest BCUT2D eigenvalue weighted by atomic mass is 10.2. The van der Waals surface area contributed by atoms with Crippen LogP contribution in [0.15, 0.2) is 28.7 Å². The summed E-state index contributed by atoms with van der Waals surface area (Å²) in [4.78, 5) is 11.6. The van der Waals surface area contributed by atoms with Gasteiger partial charge in [-0.15, -0.1) is 11.3 Å². The molecule has 2 aromatic rings. The molecule has 0 atom stereocenters. The van der Waals surface area contributed by atoms with Crippen LogP contribution in [0.25, 0.3) is 10.4 Å². The zero-order valence-electron chi connectivity index (χ0n) is 8.41. The molecule has 0 aliphatic rings. The summed E-state index contributed by atoms with van der Waals surface area (Å²) in [6.45, 7) is 0. The van der Waals surface area contributed by atoms with Crippen molar-refractivity contribution >= 4 is 38.9 Å². The number of nitrogen functional groups attached to an aromatic ring is 1. The molecule has 0 aliphatic heterocycles. The number of hydrogen-bond donors (Lipinski definition) is 2. The van der Waals surface area contributed by atoms with Crippen LogP contribution in [0, 0.1) is 5.82 Å². The third-order valence-corrected chi connectivity index (χ3v) is 3.95. The van der Waals surface area contributed by atoms with Crippen LogP contribution >= 0.6 is 27.3 Å². The maximum absolute atomic E-state index is 13.1. The number of rotatable bonds is 2. The molecule has 0 spiro atoms. The van der Waals surface area contributed by atoms with E-state index in [1.807, 2.05) is 0 Å². The van der Waals surface area contributed by atoms with Crippen molar-refractivity contribution in [2.24, 2.45) is 0 Å². The Morgan fingerprint density at radius 2 is 2.12 bits per heavy atom. The average molecular weight is 316 g/mol. The van der Waals surface area contributed by atoms with E-state index in [9.17, 15) is 9.18 Å². The van der Waals surface area contributed by atoms with Crippen LogP contribution in [0.1, 0.15) is 9.67 Å². The van der Waals surface area contributed by atoms with E-state index in [0.717, 1.165) is 16.9 Å². The monoisotopic (exact) mass is 315 g/mol. The summed E-state index contributed by atoms with van der Waals surface area (Å²) in [7, 11) is 0. The number of nitrogens with two attached hydrogens (primary N) is 1. The maximum Gasteiger partial charge on any atom is 0.348 e. The Kier molecular flexibility index (Phi) is 3.17. The number of anilines is 1. The van der Waals surface area contributed by atoms with Gasteiger partial charge in [-0.05, 0) is 39.7 Å². The Hall–Kier alpha value is -1.40. The second kappa shape index (κ2) is 4.46. The molecule has 0 unspecified atom stereocenters. The number of carbonyl (C=O) groups is 1. The molecule has 0 bridgehead atoms. The van der Waals surface area contributed by atoms with E-state index < -0.39 is 5.97 Å². The zero-order valence-corrected chi connectivity index (χ0v) is 10.8. The molecule has 0 fully saturated rings. The van der Waals surface area contributed by atoms with Gasteiger partial charge in [0.2, 0.25) is 0 Å². The lowest BCUT2D eigenvalue weighted by Crippen LogP contribution is -1.96. The highest BCUT2D eigenvalue weighted by atomic mass is 79.9. The van der Waals surface area contributed by atoms with E-state index in [4.69, 9.17) is 10.8 Å². The largest absolute Gasteiger partial charge is 0.477 e. The number of benzene rings is 1. The van der Waals surface area contributed by atoms with Crippen molar-refractivity contribution in [3.63, 3.8) is 0 Å². The first-order valence-electron chi connectivity index (χ1n) is 4.57. The molecule has 6 heteroatoms. The minimum atomic E-state index is -1.06. The van der Waals surface area contributed by atoms with Gasteiger partial charge in [-0.1, -0.05) is 6.07 Å². The first-order valence-corrected chi connectivity index (χ1v) is 6.18. The molecule has 0 saturated carbocycles. The smallest absolute Gasteiger partial charge is 0.348 e. The summed E-state index contributed by atoms with van der Waals surface area (Å²) in [5.41, 5.74) is 6.54. The van der Waals surface area contributed by atoms with Gasteiger partial charge in [0, 0.05) is 4.88 Å². The lowest BCUT2D eigenvalue weighted by molar-refractivity contribution is 0.0703. The van der Waals surface area contributed by atoms with Crippen molar-refractivity contribution in [1.29, 1.82) is 0 Å². The second-order valence-corrected chi connectivity index (χ2v) is 5.24. The van der Waals surface area contributed by atoms with Crippen molar-refractivity contribution in [2.45, 2.75) is 0 Å². The van der Waals surface area contributed by atoms with Gasteiger partial charge in [0.05, 0.1) is 10.2 Å². The summed E-state index contributed by atoms with van der Waals surface area (Å²) in [5, 5.41) is 8.89. The van der Waals surface area contributed by atoms with Gasteiger partial charge in [-0.3, -0.25) is 0 Å². The molecule has 17 heavy (non-hydrogen) atoms. The quantitative estimate of drug-likeness (QED) is 0.890. The minimum Gasteiger partial charge on any atom is -0.477 e. The third-order valence-electron chi connectivity index (χ3n) is 2.16. The number of aromatic carboxylic acids is 1. The molecule has 0 radical (unpaired) electrons. The fourth-order valence-corrected chi connectivity index (χ4v) is 2.66. The molecule has 2 rings (SSSR count). The van der Waals surface area contributed by atoms with Crippen LogP contribution in [0.5, 0.6) is 0 Å². The van der Waals surface area contributed by atoms with E-state index in [2.05, 4.69) is 15.9 Å². The summed E-state index contributed by atoms with van der Waals surface area (Å²) in [6.07, 6.45) is 0. The molecule has 1 heterocycles. The molecular weight excluding hydrogens is 309 g/mol. The first kappa shape index (κ1) is 12.1. The van der Waals surface area contributed by atoms with Crippen molar-refractivity contribution in [1.82, 2.24) is 0 Å². The summed E-state index contributed by atoms with van der Waals surface area (Å²) >= 11 is 4.15. The molecule has 0 amide bonds. The SMILES string of the molecule is Nc1cc(-c2ccc(F)c(Br)c2)sc1C(=O)O. The Balaban J connectivity index is 2.50. The third kappa shape index (κ3) is 2.32. The molecule has 1 aromatic heterocycles. The van der Waals surface area contributed by atoms with E-state index in [1.165, 1.54) is 6.07 Å². The number of hydrogen-bond acceptors (Lipinski definition) is 3. The van der Waals surface area contributed by atoms with Crippen LogP contribution < -0.4 is 5.73 Å². The van der Waals surface area contributed by atoms with E-state index in [0.29, 0.717) is 9.35 Å². The summed E-state index contributed by atoms with van der Waals surface area (Å²) in [5.74, 6) is -1.42. The van der Waals surface area contributed by atoms with E-state index in [-0.39, 0.29) is 16.4 Å². The van der Waals surface area contributed by atoms with Gasteiger partial charge in [0.15, 0.2) is 0 Å². The molecule has 1 aromatic carbocycles. The van der Waals surface area contributed by atoms with E-state index >= 15 is 0 Å². The van der Waals surface area contributed by atoms with E-state index in [1.54, 1.807) is 18.2 Å². The molecule has 3 N–H and O–H groups in total. The fraction of sp³-hybridized carbons (Fsp3) is 0. The molecular formula is C11H7BrFNO2S. The van der Waals surface area contributed by atoms with Crippen LogP contribution in [0.4, 0.5) is 10.1 Å². The average Bonchev–Trinajstić information content (AvgIpc) is 2.64. The number of thiophene rings is 1. The standard InChI is InChI=1S/C11H7BrFNO2S/c12-6-3-5(1-2-7(6)13)9-4-8(14)10(17-9)11(15)16/h1-4H,14H2,(H,15,16). The number of carboxylic acids is 1. The predicted molar refractivity (Wildman–Crippen MR) is 68.8 cm³/mol. The van der Waals surface area contributed by atoms with Crippen molar-refractivity contribution in [3.05, 3.63) is 39.4 Å². The minimum absolute atomic E-state index is 0.0976. The Labute approximate surface area is 109 Å². The van der Waals surface area contributed by atoms with Crippen LogP contribution in [-0.2, 0) is 0 Å². The summed E-state index contributed by atoms with van der Waals surface area (Å²) in [6, 6.07) is 6.06. The van der Waals surface area contributed by atoms with Crippen molar-refractivity contribution in [3.8, 4) is 10.4 Å².